The van der Waals surface area contributed by atoms with Gasteiger partial charge >= 0.3 is 5.97 Å². The topological polar surface area (TPSA) is 128 Å². The number of hydrogen-bond acceptors (Lipinski definition) is 8. The summed E-state index contributed by atoms with van der Waals surface area (Å²) in [5.41, 5.74) is 4.05. The maximum absolute atomic E-state index is 13.4. The largest absolute Gasteiger partial charge is 0.462 e. The van der Waals surface area contributed by atoms with Crippen molar-refractivity contribution in [3.63, 3.8) is 0 Å². The van der Waals surface area contributed by atoms with E-state index in [2.05, 4.69) is 10.6 Å². The summed E-state index contributed by atoms with van der Waals surface area (Å²) >= 11 is 0. The maximum Gasteiger partial charge on any atom is 0.338 e. The van der Waals surface area contributed by atoms with Gasteiger partial charge in [-0.2, -0.15) is 0 Å². The van der Waals surface area contributed by atoms with E-state index in [9.17, 15) is 22.8 Å². The summed E-state index contributed by atoms with van der Waals surface area (Å²) in [4.78, 5) is 41.5. The van der Waals surface area contributed by atoms with Crippen LogP contribution in [0.5, 0.6) is 0 Å². The van der Waals surface area contributed by atoms with Crippen LogP contribution in [0.15, 0.2) is 72.8 Å². The van der Waals surface area contributed by atoms with Crippen LogP contribution in [0.3, 0.4) is 0 Å². The first-order valence-corrected chi connectivity index (χ1v) is 16.2. The molecule has 0 fully saturated rings. The number of hydrogen-bond donors (Lipinski definition) is 2. The molecule has 0 aromatic heterocycles. The van der Waals surface area contributed by atoms with E-state index < -0.39 is 16.0 Å². The van der Waals surface area contributed by atoms with Crippen molar-refractivity contribution in [2.24, 2.45) is 0 Å². The number of esters is 1. The highest BCUT2D eigenvalue weighted by Gasteiger charge is 2.30. The third-order valence-corrected chi connectivity index (χ3v) is 8.95. The number of rotatable bonds is 13. The van der Waals surface area contributed by atoms with Gasteiger partial charge in [0.2, 0.25) is 15.9 Å². The Morgan fingerprint density at radius 2 is 1.60 bits per heavy atom. The van der Waals surface area contributed by atoms with Gasteiger partial charge in [-0.1, -0.05) is 36.4 Å². The van der Waals surface area contributed by atoms with Gasteiger partial charge in [0.25, 0.3) is 5.91 Å². The highest BCUT2D eigenvalue weighted by Crippen LogP contribution is 2.38. The van der Waals surface area contributed by atoms with Gasteiger partial charge in [-0.3, -0.25) is 13.9 Å². The standard InChI is InChI=1S/C33H39N5O6S/c1-6-44-33(41)24-13-18-27-28(21-24)35-32(40)30(27)31(23-11-8-7-9-12-23)34-25-14-16-26(17-15-25)38(22-29(39)37(4)5)45(42,43)20-10-19-36(2)3/h7-9,11-18,21,34H,6,10,19-20,22H2,1-5H3,(H,35,40)/b31-30-. The van der Waals surface area contributed by atoms with E-state index >= 15 is 0 Å². The van der Waals surface area contributed by atoms with Gasteiger partial charge in [-0.25, -0.2) is 13.2 Å². The second kappa shape index (κ2) is 14.4. The molecule has 1 heterocycles. The van der Waals surface area contributed by atoms with E-state index in [1.165, 1.54) is 4.90 Å². The van der Waals surface area contributed by atoms with Crippen molar-refractivity contribution in [1.82, 2.24) is 9.80 Å². The predicted octanol–water partition coefficient (Wildman–Crippen LogP) is 3.97. The number of sulfonamides is 1. The molecule has 0 bridgehead atoms. The lowest BCUT2D eigenvalue weighted by Gasteiger charge is -2.26. The highest BCUT2D eigenvalue weighted by atomic mass is 32.2. The van der Waals surface area contributed by atoms with Crippen LogP contribution in [0, 0.1) is 0 Å². The van der Waals surface area contributed by atoms with Crippen molar-refractivity contribution in [3.05, 3.63) is 89.5 Å². The number of carbonyl (C=O) groups excluding carboxylic acids is 3. The molecule has 0 saturated heterocycles. The molecule has 2 N–H and O–H groups in total. The lowest BCUT2D eigenvalue weighted by Crippen LogP contribution is -2.41. The molecule has 1 aliphatic rings. The van der Waals surface area contributed by atoms with Crippen LogP contribution in [-0.2, 0) is 24.3 Å². The minimum Gasteiger partial charge on any atom is -0.462 e. The van der Waals surface area contributed by atoms with E-state index in [4.69, 9.17) is 4.74 Å². The number of fused-ring (bicyclic) bond motifs is 1. The Labute approximate surface area is 264 Å². The molecule has 0 spiro atoms. The van der Waals surface area contributed by atoms with Crippen molar-refractivity contribution in [1.29, 1.82) is 0 Å². The number of ether oxygens (including phenoxy) is 1. The van der Waals surface area contributed by atoms with E-state index in [1.807, 2.05) is 49.3 Å². The van der Waals surface area contributed by atoms with Crippen molar-refractivity contribution < 1.29 is 27.5 Å². The smallest absolute Gasteiger partial charge is 0.338 e. The van der Waals surface area contributed by atoms with Crippen LogP contribution in [0.2, 0.25) is 0 Å². The maximum atomic E-state index is 13.4. The fraction of sp³-hybridized carbons (Fsp3) is 0.303. The molecule has 3 aromatic rings. The minimum atomic E-state index is -3.80. The molecule has 238 valence electrons. The Balaban J connectivity index is 1.70. The van der Waals surface area contributed by atoms with Crippen molar-refractivity contribution in [2.45, 2.75) is 13.3 Å². The normalized spacial score (nSPS) is 13.6. The van der Waals surface area contributed by atoms with Crippen molar-refractivity contribution >= 4 is 56.1 Å². The molecule has 0 unspecified atom stereocenters. The molecule has 4 rings (SSSR count). The third-order valence-electron chi connectivity index (χ3n) is 7.13. The first-order valence-electron chi connectivity index (χ1n) is 14.6. The van der Waals surface area contributed by atoms with Gasteiger partial charge in [0.1, 0.15) is 6.54 Å². The predicted molar refractivity (Wildman–Crippen MR) is 177 cm³/mol. The molecule has 12 heteroatoms. The molecule has 1 aliphatic heterocycles. The molecular formula is C33H39N5O6S. The quantitative estimate of drug-likeness (QED) is 0.214. The van der Waals surface area contributed by atoms with Crippen LogP contribution >= 0.6 is 0 Å². The molecule has 2 amide bonds. The second-order valence-electron chi connectivity index (χ2n) is 11.0. The molecular weight excluding hydrogens is 594 g/mol. The molecule has 0 aliphatic carbocycles. The van der Waals surface area contributed by atoms with Gasteiger partial charge in [0.05, 0.1) is 40.6 Å². The summed E-state index contributed by atoms with van der Waals surface area (Å²) in [5.74, 6) is -1.27. The molecule has 0 radical (unpaired) electrons. The van der Waals surface area contributed by atoms with Crippen LogP contribution in [-0.4, -0.2) is 89.6 Å². The van der Waals surface area contributed by atoms with E-state index in [0.29, 0.717) is 52.4 Å². The number of carbonyl (C=O) groups is 3. The zero-order valence-electron chi connectivity index (χ0n) is 26.2. The summed E-state index contributed by atoms with van der Waals surface area (Å²) in [5, 5.41) is 6.21. The molecule has 11 nitrogen and oxygen atoms in total. The average Bonchev–Trinajstić information content (AvgIpc) is 3.33. The lowest BCUT2D eigenvalue weighted by molar-refractivity contribution is -0.127. The van der Waals surface area contributed by atoms with Crippen molar-refractivity contribution in [2.75, 3.05) is 68.6 Å². The summed E-state index contributed by atoms with van der Waals surface area (Å²) in [6.07, 6.45) is 0.417. The fourth-order valence-corrected chi connectivity index (χ4v) is 6.25. The fourth-order valence-electron chi connectivity index (χ4n) is 4.79. The molecule has 3 aromatic carbocycles. The van der Waals surface area contributed by atoms with E-state index in [-0.39, 0.29) is 30.7 Å². The number of nitrogens with one attached hydrogen (secondary N) is 2. The first-order chi connectivity index (χ1) is 21.4. The minimum absolute atomic E-state index is 0.109. The molecule has 0 saturated carbocycles. The number of nitrogens with zero attached hydrogens (tertiary/aromatic N) is 3. The number of anilines is 3. The van der Waals surface area contributed by atoms with E-state index in [1.54, 1.807) is 63.5 Å². The Morgan fingerprint density at radius 3 is 2.22 bits per heavy atom. The average molecular weight is 634 g/mol. The Hall–Kier alpha value is -4.68. The van der Waals surface area contributed by atoms with Crippen LogP contribution in [0.1, 0.15) is 34.8 Å². The van der Waals surface area contributed by atoms with Gasteiger partial charge in [-0.15, -0.1) is 0 Å². The van der Waals surface area contributed by atoms with Gasteiger partial charge in [0.15, 0.2) is 0 Å². The lowest BCUT2D eigenvalue weighted by atomic mass is 9.99. The summed E-state index contributed by atoms with van der Waals surface area (Å²) < 4.78 is 33.0. The van der Waals surface area contributed by atoms with Crippen LogP contribution < -0.4 is 14.9 Å². The third kappa shape index (κ3) is 8.08. The monoisotopic (exact) mass is 633 g/mol. The van der Waals surface area contributed by atoms with Crippen LogP contribution in [0.25, 0.3) is 11.3 Å². The van der Waals surface area contributed by atoms with Gasteiger partial charge in [0, 0.05) is 25.3 Å². The Morgan fingerprint density at radius 1 is 0.911 bits per heavy atom. The first kappa shape index (κ1) is 33.2. The second-order valence-corrected chi connectivity index (χ2v) is 13.0. The number of likely N-dealkylation sites (N-methyl/N-ethyl adjacent to an activating group) is 1. The Kier molecular flexibility index (Phi) is 10.6. The summed E-state index contributed by atoms with van der Waals surface area (Å²) in [6, 6.07) is 21.0. The van der Waals surface area contributed by atoms with E-state index in [0.717, 1.165) is 9.87 Å². The highest BCUT2D eigenvalue weighted by molar-refractivity contribution is 7.92. The number of amides is 2. The number of benzene rings is 3. The Bertz CT molecular complexity index is 1690. The zero-order valence-corrected chi connectivity index (χ0v) is 27.0. The zero-order chi connectivity index (χ0) is 32.7. The van der Waals surface area contributed by atoms with Gasteiger partial charge in [-0.05, 0) is 75.9 Å². The summed E-state index contributed by atoms with van der Waals surface area (Å²) in [7, 11) is 3.11. The van der Waals surface area contributed by atoms with Gasteiger partial charge < -0.3 is 25.2 Å². The molecule has 0 atom stereocenters. The molecule has 45 heavy (non-hydrogen) atoms. The van der Waals surface area contributed by atoms with Crippen LogP contribution in [0.4, 0.5) is 17.1 Å². The summed E-state index contributed by atoms with van der Waals surface area (Å²) in [6.45, 7) is 2.23. The SMILES string of the molecule is CCOC(=O)c1ccc2c(c1)NC(=O)/C2=C(\Nc1ccc(N(CC(=O)N(C)C)S(=O)(=O)CCCN(C)C)cc1)c1ccccc1. The van der Waals surface area contributed by atoms with Crippen molar-refractivity contribution in [3.8, 4) is 0 Å².